The van der Waals surface area contributed by atoms with Gasteiger partial charge >= 0.3 is 6.09 Å². The molecule has 11 nitrogen and oxygen atoms in total. The molecule has 1 fully saturated rings. The van der Waals surface area contributed by atoms with Gasteiger partial charge in [0.25, 0.3) is 5.91 Å². The van der Waals surface area contributed by atoms with Crippen LogP contribution in [0, 0.1) is 5.82 Å². The van der Waals surface area contributed by atoms with Crippen molar-refractivity contribution in [3.63, 3.8) is 0 Å². The molecule has 1 aromatic carbocycles. The van der Waals surface area contributed by atoms with E-state index in [0.29, 0.717) is 30.8 Å². The number of likely N-dealkylation sites (N-methyl/N-ethyl adjacent to an activating group) is 1. The number of amides is 2. The number of aromatic nitrogens is 4. The van der Waals surface area contributed by atoms with Gasteiger partial charge in [0.1, 0.15) is 11.1 Å². The Labute approximate surface area is 188 Å². The van der Waals surface area contributed by atoms with Gasteiger partial charge in [-0.15, -0.1) is 0 Å². The van der Waals surface area contributed by atoms with Crippen molar-refractivity contribution in [1.82, 2.24) is 24.6 Å². The van der Waals surface area contributed by atoms with E-state index in [2.05, 4.69) is 20.4 Å². The largest absolute Gasteiger partial charge is 0.477 e. The van der Waals surface area contributed by atoms with Crippen LogP contribution >= 0.6 is 0 Å². The van der Waals surface area contributed by atoms with Crippen molar-refractivity contribution in [2.45, 2.75) is 19.4 Å². The van der Waals surface area contributed by atoms with Crippen molar-refractivity contribution in [2.24, 2.45) is 7.05 Å². The van der Waals surface area contributed by atoms with E-state index in [1.807, 2.05) is 4.90 Å². The average molecular weight is 457 g/mol. The maximum atomic E-state index is 14.4. The third-order valence-electron chi connectivity index (χ3n) is 5.50. The van der Waals surface area contributed by atoms with Gasteiger partial charge in [-0.2, -0.15) is 10.1 Å². The Balaban J connectivity index is 1.55. The SMILES string of the molecule is CCOc1nc(N2CC[C@H](N(C)C(=O)O)C2)ncc1C(=O)Nc1cc(F)c2nn(C)cc2c1. The first-order valence-electron chi connectivity index (χ1n) is 10.4. The molecule has 2 aromatic heterocycles. The second-order valence-electron chi connectivity index (χ2n) is 7.76. The highest BCUT2D eigenvalue weighted by atomic mass is 19.1. The van der Waals surface area contributed by atoms with Crippen LogP contribution in [0.2, 0.25) is 0 Å². The molecule has 2 N–H and O–H groups in total. The zero-order valence-corrected chi connectivity index (χ0v) is 18.4. The van der Waals surface area contributed by atoms with Crippen LogP contribution in [0.3, 0.4) is 0 Å². The summed E-state index contributed by atoms with van der Waals surface area (Å²) in [5.41, 5.74) is 0.588. The summed E-state index contributed by atoms with van der Waals surface area (Å²) in [6.45, 7) is 3.05. The second kappa shape index (κ2) is 8.88. The second-order valence-corrected chi connectivity index (χ2v) is 7.76. The molecule has 0 spiro atoms. The normalized spacial score (nSPS) is 15.6. The lowest BCUT2D eigenvalue weighted by molar-refractivity contribution is 0.102. The minimum absolute atomic E-state index is 0.0953. The molecule has 4 rings (SSSR count). The lowest BCUT2D eigenvalue weighted by atomic mass is 10.2. The van der Waals surface area contributed by atoms with E-state index in [-0.39, 0.29) is 35.3 Å². The van der Waals surface area contributed by atoms with Crippen molar-refractivity contribution >= 4 is 34.5 Å². The first-order chi connectivity index (χ1) is 15.8. The summed E-state index contributed by atoms with van der Waals surface area (Å²) >= 11 is 0. The standard InChI is InChI=1S/C21H24FN7O4/c1-4-33-19-15(9-23-20(25-19)29-6-5-14(11-29)28(3)21(31)32)18(30)24-13-7-12-10-27(2)26-17(12)16(22)8-13/h7-10,14H,4-6,11H2,1-3H3,(H,24,30)(H,31,32)/t14-/m0/s1. The monoisotopic (exact) mass is 457 g/mol. The molecule has 1 aliphatic heterocycles. The number of hydrogen-bond acceptors (Lipinski definition) is 7. The molecule has 0 unspecified atom stereocenters. The predicted molar refractivity (Wildman–Crippen MR) is 118 cm³/mol. The first kappa shape index (κ1) is 22.2. The number of nitrogens with zero attached hydrogens (tertiary/aromatic N) is 6. The fraction of sp³-hybridized carbons (Fsp3) is 0.381. The molecule has 0 radical (unpaired) electrons. The van der Waals surface area contributed by atoms with E-state index < -0.39 is 17.8 Å². The molecule has 1 aliphatic rings. The van der Waals surface area contributed by atoms with Gasteiger partial charge in [-0.25, -0.2) is 14.2 Å². The van der Waals surface area contributed by atoms with Crippen LogP contribution in [0.1, 0.15) is 23.7 Å². The Hall–Kier alpha value is -3.96. The Morgan fingerprint density at radius 1 is 1.39 bits per heavy atom. The van der Waals surface area contributed by atoms with Crippen molar-refractivity contribution in [3.8, 4) is 5.88 Å². The molecule has 12 heteroatoms. The van der Waals surface area contributed by atoms with Crippen molar-refractivity contribution in [3.05, 3.63) is 35.9 Å². The van der Waals surface area contributed by atoms with Crippen molar-refractivity contribution < 1.29 is 23.8 Å². The molecular formula is C21H24FN7O4. The summed E-state index contributed by atoms with van der Waals surface area (Å²) in [5.74, 6) is -0.649. The lowest BCUT2D eigenvalue weighted by Crippen LogP contribution is -2.38. The van der Waals surface area contributed by atoms with E-state index in [1.54, 1.807) is 26.2 Å². The summed E-state index contributed by atoms with van der Waals surface area (Å²) in [4.78, 5) is 35.9. The van der Waals surface area contributed by atoms with Gasteiger partial charge in [0, 0.05) is 50.7 Å². The van der Waals surface area contributed by atoms with Gasteiger partial charge < -0.3 is 25.0 Å². The first-order valence-corrected chi connectivity index (χ1v) is 10.4. The smallest absolute Gasteiger partial charge is 0.407 e. The van der Waals surface area contributed by atoms with Crippen LogP contribution in [-0.4, -0.2) is 74.5 Å². The van der Waals surface area contributed by atoms with Crippen LogP contribution in [0.15, 0.2) is 24.5 Å². The quantitative estimate of drug-likeness (QED) is 0.578. The highest BCUT2D eigenvalue weighted by Gasteiger charge is 2.30. The Bertz CT molecular complexity index is 1210. The number of anilines is 2. The number of carbonyl (C=O) groups is 2. The van der Waals surface area contributed by atoms with Crippen molar-refractivity contribution in [1.29, 1.82) is 0 Å². The van der Waals surface area contributed by atoms with E-state index in [4.69, 9.17) is 4.74 Å². The van der Waals surface area contributed by atoms with E-state index in [0.717, 1.165) is 0 Å². The average Bonchev–Trinajstić information content (AvgIpc) is 3.40. The lowest BCUT2D eigenvalue weighted by Gasteiger charge is -2.22. The number of rotatable bonds is 6. The fourth-order valence-corrected chi connectivity index (χ4v) is 3.79. The number of benzene rings is 1. The molecule has 3 aromatic rings. The Morgan fingerprint density at radius 2 is 2.18 bits per heavy atom. The highest BCUT2D eigenvalue weighted by molar-refractivity contribution is 6.06. The predicted octanol–water partition coefficient (Wildman–Crippen LogP) is 2.34. The number of carboxylic acid groups (broad SMARTS) is 1. The zero-order chi connectivity index (χ0) is 23.7. The molecule has 1 saturated heterocycles. The number of halogens is 1. The van der Waals surface area contributed by atoms with E-state index in [9.17, 15) is 19.1 Å². The molecule has 2 amide bonds. The maximum Gasteiger partial charge on any atom is 0.407 e. The van der Waals surface area contributed by atoms with Crippen LogP contribution in [0.5, 0.6) is 5.88 Å². The molecule has 0 bridgehead atoms. The summed E-state index contributed by atoms with van der Waals surface area (Å²) < 4.78 is 21.4. The van der Waals surface area contributed by atoms with Gasteiger partial charge in [-0.3, -0.25) is 9.48 Å². The molecule has 174 valence electrons. The molecule has 33 heavy (non-hydrogen) atoms. The Kier molecular flexibility index (Phi) is 5.99. The summed E-state index contributed by atoms with van der Waals surface area (Å²) in [5, 5.41) is 16.5. The van der Waals surface area contributed by atoms with Gasteiger partial charge in [-0.1, -0.05) is 0 Å². The van der Waals surface area contributed by atoms with E-state index >= 15 is 0 Å². The third kappa shape index (κ3) is 4.49. The summed E-state index contributed by atoms with van der Waals surface area (Å²) in [7, 11) is 3.22. The molecular weight excluding hydrogens is 433 g/mol. The maximum absolute atomic E-state index is 14.4. The van der Waals surface area contributed by atoms with Crippen LogP contribution in [0.25, 0.3) is 10.9 Å². The number of nitrogens with one attached hydrogen (secondary N) is 1. The van der Waals surface area contributed by atoms with Crippen LogP contribution in [0.4, 0.5) is 20.8 Å². The van der Waals surface area contributed by atoms with Gasteiger partial charge in [0.05, 0.1) is 12.6 Å². The molecule has 0 saturated carbocycles. The zero-order valence-electron chi connectivity index (χ0n) is 18.4. The number of aryl methyl sites for hydroxylation is 1. The Morgan fingerprint density at radius 3 is 2.91 bits per heavy atom. The minimum atomic E-state index is -0.995. The molecule has 1 atom stereocenters. The fourth-order valence-electron chi connectivity index (χ4n) is 3.79. The number of hydrogen-bond donors (Lipinski definition) is 2. The van der Waals surface area contributed by atoms with Gasteiger partial charge in [0.2, 0.25) is 11.8 Å². The summed E-state index contributed by atoms with van der Waals surface area (Å²) in [6.07, 6.45) is 2.66. The summed E-state index contributed by atoms with van der Waals surface area (Å²) in [6, 6.07) is 2.65. The topological polar surface area (TPSA) is 126 Å². The van der Waals surface area contributed by atoms with Crippen LogP contribution in [-0.2, 0) is 7.05 Å². The van der Waals surface area contributed by atoms with E-state index in [1.165, 1.54) is 28.9 Å². The molecule has 3 heterocycles. The number of ether oxygens (including phenoxy) is 1. The van der Waals surface area contributed by atoms with Crippen LogP contribution < -0.4 is 15.0 Å². The number of fused-ring (bicyclic) bond motifs is 1. The van der Waals surface area contributed by atoms with Gasteiger partial charge in [0.15, 0.2) is 5.82 Å². The minimum Gasteiger partial charge on any atom is -0.477 e. The third-order valence-corrected chi connectivity index (χ3v) is 5.50. The number of carbonyl (C=O) groups excluding carboxylic acids is 1. The van der Waals surface area contributed by atoms with Crippen molar-refractivity contribution in [2.75, 3.05) is 37.0 Å². The van der Waals surface area contributed by atoms with Gasteiger partial charge in [-0.05, 0) is 25.5 Å². The molecule has 0 aliphatic carbocycles. The highest BCUT2D eigenvalue weighted by Crippen LogP contribution is 2.26.